The molecule has 0 saturated carbocycles. The van der Waals surface area contributed by atoms with Crippen LogP contribution < -0.4 is 5.32 Å². The van der Waals surface area contributed by atoms with Crippen LogP contribution in [0.15, 0.2) is 55.1 Å². The minimum Gasteiger partial charge on any atom is -0.306 e. The fraction of sp³-hybridized carbons (Fsp3) is 0.176. The molecule has 0 aliphatic carbocycles. The zero-order valence-electron chi connectivity index (χ0n) is 13.0. The lowest BCUT2D eigenvalue weighted by Crippen LogP contribution is -2.18. The van der Waals surface area contributed by atoms with E-state index in [1.807, 2.05) is 13.0 Å². The van der Waals surface area contributed by atoms with Gasteiger partial charge in [0.1, 0.15) is 30.0 Å². The summed E-state index contributed by atoms with van der Waals surface area (Å²) in [5.41, 5.74) is 2.16. The minimum absolute atomic E-state index is 0. The molecule has 2 aromatic carbocycles. The molecule has 1 N–H and O–H groups in total. The van der Waals surface area contributed by atoms with Gasteiger partial charge in [0.15, 0.2) is 0 Å². The summed E-state index contributed by atoms with van der Waals surface area (Å²) in [5, 5.41) is 7.21. The third-order valence-electron chi connectivity index (χ3n) is 3.66. The van der Waals surface area contributed by atoms with Gasteiger partial charge >= 0.3 is 0 Å². The summed E-state index contributed by atoms with van der Waals surface area (Å²) in [5.74, 6) is -0.615. The highest BCUT2D eigenvalue weighted by atomic mass is 35.5. The number of aromatic nitrogens is 3. The largest absolute Gasteiger partial charge is 0.306 e. The minimum atomic E-state index is -0.357. The normalized spacial score (nSPS) is 11.8. The van der Waals surface area contributed by atoms with Crippen molar-refractivity contribution in [3.8, 4) is 5.69 Å². The van der Waals surface area contributed by atoms with Gasteiger partial charge in [0.25, 0.3) is 0 Å². The van der Waals surface area contributed by atoms with Crippen LogP contribution in [0.4, 0.5) is 8.78 Å². The standard InChI is InChI=1S/C17H16F2N4.ClH/c1-12(14-3-5-15(18)6-4-14)21-9-13-2-7-17(16(19)8-13)23-11-20-10-22-23;/h2-8,10-12,21H,9H2,1H3;1H. The van der Waals surface area contributed by atoms with Crippen molar-refractivity contribution in [1.82, 2.24) is 20.1 Å². The van der Waals surface area contributed by atoms with Gasteiger partial charge in [-0.05, 0) is 42.3 Å². The van der Waals surface area contributed by atoms with Gasteiger partial charge in [-0.15, -0.1) is 12.4 Å². The number of nitrogens with zero attached hydrogens (tertiary/aromatic N) is 3. The van der Waals surface area contributed by atoms with Gasteiger partial charge in [-0.25, -0.2) is 18.4 Å². The first-order valence-corrected chi connectivity index (χ1v) is 7.26. The van der Waals surface area contributed by atoms with Crippen molar-refractivity contribution in [2.24, 2.45) is 0 Å². The van der Waals surface area contributed by atoms with E-state index in [1.54, 1.807) is 18.2 Å². The van der Waals surface area contributed by atoms with Gasteiger partial charge in [0.2, 0.25) is 0 Å². The molecule has 0 fully saturated rings. The van der Waals surface area contributed by atoms with Crippen LogP contribution in [0.25, 0.3) is 5.69 Å². The number of hydrogen-bond acceptors (Lipinski definition) is 3. The molecule has 126 valence electrons. The topological polar surface area (TPSA) is 42.7 Å². The molecule has 0 aliphatic rings. The van der Waals surface area contributed by atoms with E-state index in [0.29, 0.717) is 12.2 Å². The molecule has 3 rings (SSSR count). The van der Waals surface area contributed by atoms with Gasteiger partial charge in [0.05, 0.1) is 0 Å². The third-order valence-corrected chi connectivity index (χ3v) is 3.66. The van der Waals surface area contributed by atoms with Crippen LogP contribution in [-0.4, -0.2) is 14.8 Å². The van der Waals surface area contributed by atoms with Crippen LogP contribution in [0.5, 0.6) is 0 Å². The Morgan fingerprint density at radius 2 is 1.88 bits per heavy atom. The molecule has 0 radical (unpaired) electrons. The molecule has 0 spiro atoms. The van der Waals surface area contributed by atoms with E-state index in [4.69, 9.17) is 0 Å². The van der Waals surface area contributed by atoms with Gasteiger partial charge in [-0.3, -0.25) is 0 Å². The Balaban J connectivity index is 0.00000208. The number of rotatable bonds is 5. The number of hydrogen-bond donors (Lipinski definition) is 1. The van der Waals surface area contributed by atoms with E-state index in [0.717, 1.165) is 11.1 Å². The lowest BCUT2D eigenvalue weighted by Gasteiger charge is -2.15. The highest BCUT2D eigenvalue weighted by Crippen LogP contribution is 2.16. The quantitative estimate of drug-likeness (QED) is 0.760. The second-order valence-corrected chi connectivity index (χ2v) is 5.28. The van der Waals surface area contributed by atoms with Crippen molar-refractivity contribution in [3.63, 3.8) is 0 Å². The Morgan fingerprint density at radius 3 is 2.50 bits per heavy atom. The number of nitrogens with one attached hydrogen (secondary N) is 1. The highest BCUT2D eigenvalue weighted by Gasteiger charge is 2.08. The molecule has 4 nitrogen and oxygen atoms in total. The smallest absolute Gasteiger partial charge is 0.149 e. The third kappa shape index (κ3) is 4.15. The first kappa shape index (κ1) is 18.0. The van der Waals surface area contributed by atoms with Crippen molar-refractivity contribution < 1.29 is 8.78 Å². The average molecular weight is 351 g/mol. The summed E-state index contributed by atoms with van der Waals surface area (Å²) in [4.78, 5) is 3.81. The fourth-order valence-electron chi connectivity index (χ4n) is 2.32. The van der Waals surface area contributed by atoms with E-state index < -0.39 is 0 Å². The van der Waals surface area contributed by atoms with E-state index in [2.05, 4.69) is 15.4 Å². The molecule has 0 amide bonds. The Hall–Kier alpha value is -2.31. The second kappa shape index (κ2) is 7.99. The fourth-order valence-corrected chi connectivity index (χ4v) is 2.32. The molecule has 7 heteroatoms. The monoisotopic (exact) mass is 350 g/mol. The Morgan fingerprint density at radius 1 is 1.12 bits per heavy atom. The van der Waals surface area contributed by atoms with Crippen LogP contribution in [0.3, 0.4) is 0 Å². The lowest BCUT2D eigenvalue weighted by molar-refractivity contribution is 0.564. The molecule has 3 aromatic rings. The summed E-state index contributed by atoms with van der Waals surface area (Å²) < 4.78 is 28.5. The van der Waals surface area contributed by atoms with Crippen LogP contribution in [-0.2, 0) is 6.54 Å². The maximum Gasteiger partial charge on any atom is 0.149 e. The SMILES string of the molecule is CC(NCc1ccc(-n2cncn2)c(F)c1)c1ccc(F)cc1.Cl. The number of benzene rings is 2. The predicted octanol–water partition coefficient (Wildman–Crippen LogP) is 3.82. The van der Waals surface area contributed by atoms with Crippen molar-refractivity contribution in [1.29, 1.82) is 0 Å². The molecule has 24 heavy (non-hydrogen) atoms. The van der Waals surface area contributed by atoms with Crippen molar-refractivity contribution in [2.45, 2.75) is 19.5 Å². The maximum atomic E-state index is 14.1. The van der Waals surface area contributed by atoms with Crippen molar-refractivity contribution in [2.75, 3.05) is 0 Å². The zero-order chi connectivity index (χ0) is 16.2. The Kier molecular flexibility index (Phi) is 6.00. The van der Waals surface area contributed by atoms with E-state index >= 15 is 0 Å². The van der Waals surface area contributed by atoms with Crippen LogP contribution in [0.1, 0.15) is 24.1 Å². The molecule has 0 bridgehead atoms. The first-order valence-electron chi connectivity index (χ1n) is 7.26. The molecule has 1 aromatic heterocycles. The molecule has 0 aliphatic heterocycles. The summed E-state index contributed by atoms with van der Waals surface area (Å²) in [7, 11) is 0. The second-order valence-electron chi connectivity index (χ2n) is 5.28. The van der Waals surface area contributed by atoms with Crippen LogP contribution in [0.2, 0.25) is 0 Å². The van der Waals surface area contributed by atoms with Crippen molar-refractivity contribution >= 4 is 12.4 Å². The van der Waals surface area contributed by atoms with E-state index in [9.17, 15) is 8.78 Å². The molecule has 1 atom stereocenters. The van der Waals surface area contributed by atoms with Crippen molar-refractivity contribution in [3.05, 3.63) is 77.9 Å². The van der Waals surface area contributed by atoms with Gasteiger partial charge < -0.3 is 5.32 Å². The summed E-state index contributed by atoms with van der Waals surface area (Å²) in [6.45, 7) is 2.49. The molecule has 1 heterocycles. The zero-order valence-corrected chi connectivity index (χ0v) is 13.8. The van der Waals surface area contributed by atoms with Crippen LogP contribution in [0, 0.1) is 11.6 Å². The predicted molar refractivity (Wildman–Crippen MR) is 90.2 cm³/mol. The van der Waals surface area contributed by atoms with Gasteiger partial charge in [-0.2, -0.15) is 5.10 Å². The highest BCUT2D eigenvalue weighted by molar-refractivity contribution is 5.85. The van der Waals surface area contributed by atoms with E-state index in [-0.39, 0.29) is 30.1 Å². The molecular weight excluding hydrogens is 334 g/mol. The van der Waals surface area contributed by atoms with E-state index in [1.165, 1.54) is 35.5 Å². The van der Waals surface area contributed by atoms with Gasteiger partial charge in [0, 0.05) is 12.6 Å². The summed E-state index contributed by atoms with van der Waals surface area (Å²) in [6, 6.07) is 11.4. The maximum absolute atomic E-state index is 14.1. The molecule has 0 saturated heterocycles. The average Bonchev–Trinajstić information content (AvgIpc) is 3.07. The Labute approximate surface area is 145 Å². The summed E-state index contributed by atoms with van der Waals surface area (Å²) >= 11 is 0. The first-order chi connectivity index (χ1) is 11.1. The number of halogens is 3. The van der Waals surface area contributed by atoms with Gasteiger partial charge in [-0.1, -0.05) is 18.2 Å². The Bertz CT molecular complexity index is 776. The lowest BCUT2D eigenvalue weighted by atomic mass is 10.1. The summed E-state index contributed by atoms with van der Waals surface area (Å²) in [6.07, 6.45) is 2.81. The molecule has 1 unspecified atom stereocenters. The van der Waals surface area contributed by atoms with Crippen LogP contribution >= 0.6 is 12.4 Å². The molecular formula is C17H17ClF2N4.